The molecule has 1 atom stereocenters. The van der Waals surface area contributed by atoms with Crippen molar-refractivity contribution in [3.63, 3.8) is 0 Å². The summed E-state index contributed by atoms with van der Waals surface area (Å²) >= 11 is 1.55. The van der Waals surface area contributed by atoms with Gasteiger partial charge in [-0.2, -0.15) is 11.8 Å². The van der Waals surface area contributed by atoms with Crippen molar-refractivity contribution in [1.82, 2.24) is 5.32 Å². The summed E-state index contributed by atoms with van der Waals surface area (Å²) in [6.07, 6.45) is 2.28. The van der Waals surface area contributed by atoms with E-state index in [1.54, 1.807) is 17.8 Å². The van der Waals surface area contributed by atoms with E-state index in [0.717, 1.165) is 27.8 Å². The summed E-state index contributed by atoms with van der Waals surface area (Å²) in [6.45, 7) is 4.95. The first-order valence-corrected chi connectivity index (χ1v) is 12.6. The number of ether oxygens (including phenoxy) is 1. The molecule has 180 valence electrons. The Morgan fingerprint density at radius 2 is 1.63 bits per heavy atom. The molecule has 0 spiro atoms. The molecule has 0 aliphatic rings. The summed E-state index contributed by atoms with van der Waals surface area (Å²) in [6, 6.07) is 20.7. The minimum absolute atomic E-state index is 0. The molecular formula is C28H32LiNO4S. The zero-order valence-electron chi connectivity index (χ0n) is 21.8. The van der Waals surface area contributed by atoms with Gasteiger partial charge in [-0.05, 0) is 72.2 Å². The molecule has 0 heterocycles. The predicted octanol–water partition coefficient (Wildman–Crippen LogP) is 2.74. The quantitative estimate of drug-likeness (QED) is 0.409. The van der Waals surface area contributed by atoms with E-state index in [-0.39, 0.29) is 26.2 Å². The molecule has 0 saturated heterocycles. The summed E-state index contributed by atoms with van der Waals surface area (Å²) in [4.78, 5) is 24.8. The molecule has 0 saturated carbocycles. The van der Waals surface area contributed by atoms with Crippen LogP contribution < -0.4 is 24.2 Å². The Morgan fingerprint density at radius 3 is 2.29 bits per heavy atom. The first-order valence-electron chi connectivity index (χ1n) is 11.2. The first kappa shape index (κ1) is 28.7. The molecule has 0 fully saturated rings. The molecule has 3 aromatic carbocycles. The number of thioether (sulfide) groups is 1. The summed E-state index contributed by atoms with van der Waals surface area (Å²) in [5, 5.41) is 12.2. The van der Waals surface area contributed by atoms with Crippen molar-refractivity contribution in [2.75, 3.05) is 12.0 Å². The zero-order valence-corrected chi connectivity index (χ0v) is 21.7. The normalized spacial score (nSPS) is 11.4. The fourth-order valence-corrected chi connectivity index (χ4v) is 4.15. The van der Waals surface area contributed by atoms with Crippen molar-refractivity contribution in [3.05, 3.63) is 94.5 Å². The molecule has 1 amide bonds. The Bertz CT molecular complexity index is 1140. The monoisotopic (exact) mass is 485 g/mol. The number of carboxylic acids is 1. The fraction of sp³-hybridized carbons (Fsp3) is 0.286. The average Bonchev–Trinajstić information content (AvgIpc) is 2.83. The molecule has 0 bridgehead atoms. The molecule has 0 aromatic heterocycles. The molecule has 7 heteroatoms. The van der Waals surface area contributed by atoms with Crippen LogP contribution in [0.4, 0.5) is 0 Å². The van der Waals surface area contributed by atoms with Crippen molar-refractivity contribution < 1.29 is 39.7 Å². The van der Waals surface area contributed by atoms with Crippen LogP contribution in [0.2, 0.25) is 0 Å². The largest absolute Gasteiger partial charge is 1.00 e. The Labute approximate surface area is 225 Å². The number of carbonyl (C=O) groups is 2. The smallest absolute Gasteiger partial charge is 1.00 e. The number of benzene rings is 3. The van der Waals surface area contributed by atoms with E-state index in [9.17, 15) is 14.7 Å². The number of nitrogens with one attached hydrogen (secondary N) is 1. The van der Waals surface area contributed by atoms with Gasteiger partial charge < -0.3 is 16.6 Å². The van der Waals surface area contributed by atoms with Crippen LogP contribution in [0.15, 0.2) is 66.7 Å². The molecule has 5 nitrogen and oxygen atoms in total. The second-order valence-corrected chi connectivity index (χ2v) is 9.30. The van der Waals surface area contributed by atoms with Gasteiger partial charge in [0.1, 0.15) is 6.04 Å². The Kier molecular flexibility index (Phi) is 11.6. The maximum atomic E-state index is 13.2. The van der Waals surface area contributed by atoms with Gasteiger partial charge in [0.15, 0.2) is 0 Å². The molecule has 1 unspecified atom stereocenters. The number of carboxylic acid groups (broad SMARTS) is 1. The van der Waals surface area contributed by atoms with Gasteiger partial charge in [-0.15, -0.1) is 0 Å². The van der Waals surface area contributed by atoms with E-state index in [4.69, 9.17) is 4.74 Å². The summed E-state index contributed by atoms with van der Waals surface area (Å²) in [7, 11) is 0. The van der Waals surface area contributed by atoms with Crippen LogP contribution >= 0.6 is 11.8 Å². The second kappa shape index (κ2) is 14.2. The number of hydrogen-bond acceptors (Lipinski definition) is 4. The minimum atomic E-state index is -1.03. The number of aryl methyl sites for hydroxylation is 2. The van der Waals surface area contributed by atoms with Gasteiger partial charge in [-0.25, -0.2) is 4.79 Å². The van der Waals surface area contributed by atoms with Crippen LogP contribution in [0.5, 0.6) is 0 Å². The molecule has 35 heavy (non-hydrogen) atoms. The third-order valence-electron chi connectivity index (χ3n) is 5.64. The third kappa shape index (κ3) is 8.30. The SMILES string of the molecule is CSCCC(NC(=O)c1ccc(COCc2ccc(C)cc2)cc1-c1ccccc1C)C(=O)O.[H-].[Li+]. The van der Waals surface area contributed by atoms with Gasteiger partial charge in [0.2, 0.25) is 0 Å². The van der Waals surface area contributed by atoms with Gasteiger partial charge in [-0.3, -0.25) is 4.79 Å². The van der Waals surface area contributed by atoms with Crippen LogP contribution in [-0.4, -0.2) is 35.0 Å². The molecule has 3 aromatic rings. The Hall–Kier alpha value is -2.49. The Morgan fingerprint density at radius 1 is 0.971 bits per heavy atom. The van der Waals surface area contributed by atoms with Crippen LogP contribution in [0.25, 0.3) is 11.1 Å². The standard InChI is InChI=1S/C28H31NO4S.Li.H/c1-19-8-10-21(11-9-19)17-33-18-22-12-13-24(25(16-22)23-7-5-4-6-20(23)2)27(30)29-26(28(31)32)14-15-34-3;;/h4-13,16,26H,14-15,17-18H2,1-3H3,(H,29,30)(H,31,32);;/q;+1;-1. The molecule has 0 radical (unpaired) electrons. The number of hydrogen-bond donors (Lipinski definition) is 2. The van der Waals surface area contributed by atoms with Crippen molar-refractivity contribution in [2.45, 2.75) is 39.5 Å². The van der Waals surface area contributed by atoms with Gasteiger partial charge in [0.05, 0.1) is 13.2 Å². The summed E-state index contributed by atoms with van der Waals surface area (Å²) in [5.74, 6) is -0.765. The second-order valence-electron chi connectivity index (χ2n) is 8.32. The molecule has 0 aliphatic heterocycles. The zero-order chi connectivity index (χ0) is 24.5. The average molecular weight is 486 g/mol. The fourth-order valence-electron chi connectivity index (χ4n) is 3.68. The topological polar surface area (TPSA) is 75.6 Å². The van der Waals surface area contributed by atoms with Gasteiger partial charge in [0.25, 0.3) is 5.91 Å². The van der Waals surface area contributed by atoms with E-state index in [1.165, 1.54) is 5.56 Å². The van der Waals surface area contributed by atoms with E-state index in [1.807, 2.05) is 49.6 Å². The first-order chi connectivity index (χ1) is 16.4. The molecule has 3 rings (SSSR count). The van der Waals surface area contributed by atoms with Crippen molar-refractivity contribution in [3.8, 4) is 11.1 Å². The van der Waals surface area contributed by atoms with Crippen molar-refractivity contribution >= 4 is 23.6 Å². The van der Waals surface area contributed by atoms with Crippen molar-refractivity contribution in [2.24, 2.45) is 0 Å². The maximum absolute atomic E-state index is 13.2. The van der Waals surface area contributed by atoms with Crippen LogP contribution in [0.3, 0.4) is 0 Å². The Balaban J connectivity index is 0.00000324. The van der Waals surface area contributed by atoms with Gasteiger partial charge >= 0.3 is 24.8 Å². The number of rotatable bonds is 11. The summed E-state index contributed by atoms with van der Waals surface area (Å²) < 4.78 is 5.93. The number of aliphatic carboxylic acids is 1. The third-order valence-corrected chi connectivity index (χ3v) is 6.28. The van der Waals surface area contributed by atoms with Crippen molar-refractivity contribution in [1.29, 1.82) is 0 Å². The molecular weight excluding hydrogens is 453 g/mol. The van der Waals surface area contributed by atoms with Gasteiger partial charge in [0, 0.05) is 5.56 Å². The molecule has 0 aliphatic carbocycles. The van der Waals surface area contributed by atoms with E-state index in [0.29, 0.717) is 31.0 Å². The summed E-state index contributed by atoms with van der Waals surface area (Å²) in [5.41, 5.74) is 6.44. The van der Waals surface area contributed by atoms with Crippen LogP contribution in [0, 0.1) is 13.8 Å². The van der Waals surface area contributed by atoms with Crippen LogP contribution in [-0.2, 0) is 22.7 Å². The maximum Gasteiger partial charge on any atom is 1.00 e. The van der Waals surface area contributed by atoms with E-state index in [2.05, 4.69) is 36.5 Å². The van der Waals surface area contributed by atoms with Gasteiger partial charge in [-0.1, -0.05) is 60.2 Å². The van der Waals surface area contributed by atoms with E-state index < -0.39 is 12.0 Å². The number of carbonyl (C=O) groups excluding carboxylic acids is 1. The van der Waals surface area contributed by atoms with Crippen LogP contribution in [0.1, 0.15) is 40.5 Å². The number of amides is 1. The minimum Gasteiger partial charge on any atom is -1.00 e. The molecule has 2 N–H and O–H groups in total. The predicted molar refractivity (Wildman–Crippen MR) is 139 cm³/mol. The van der Waals surface area contributed by atoms with E-state index >= 15 is 0 Å².